The van der Waals surface area contributed by atoms with Crippen LogP contribution in [0.1, 0.15) is 30.9 Å². The van der Waals surface area contributed by atoms with Crippen molar-refractivity contribution in [2.75, 3.05) is 5.32 Å². The van der Waals surface area contributed by atoms with Gasteiger partial charge in [-0.3, -0.25) is 4.79 Å². The quantitative estimate of drug-likeness (QED) is 0.757. The van der Waals surface area contributed by atoms with Crippen LogP contribution in [0.5, 0.6) is 0 Å². The summed E-state index contributed by atoms with van der Waals surface area (Å²) in [4.78, 5) is 16.4. The van der Waals surface area contributed by atoms with E-state index in [9.17, 15) is 9.90 Å². The first-order chi connectivity index (χ1) is 11.2. The zero-order chi connectivity index (χ0) is 16.2. The van der Waals surface area contributed by atoms with Crippen LogP contribution in [-0.4, -0.2) is 16.0 Å². The van der Waals surface area contributed by atoms with Crippen LogP contribution in [0, 0.1) is 0 Å². The minimum atomic E-state index is -0.821. The van der Waals surface area contributed by atoms with E-state index in [1.165, 1.54) is 0 Å². The number of carbonyl (C=O) groups is 1. The van der Waals surface area contributed by atoms with Gasteiger partial charge < -0.3 is 14.8 Å². The van der Waals surface area contributed by atoms with Crippen LogP contribution in [0.2, 0.25) is 0 Å². The summed E-state index contributed by atoms with van der Waals surface area (Å²) in [6, 6.07) is 14.4. The molecule has 0 aliphatic rings. The lowest BCUT2D eigenvalue weighted by atomic mass is 10.1. The maximum atomic E-state index is 12.1. The molecule has 1 heterocycles. The number of aliphatic hydroxyl groups excluding tert-OH is 1. The van der Waals surface area contributed by atoms with Crippen LogP contribution in [0.25, 0.3) is 11.1 Å². The molecule has 5 nitrogen and oxygen atoms in total. The van der Waals surface area contributed by atoms with Crippen LogP contribution in [-0.2, 0) is 11.2 Å². The normalized spacial score (nSPS) is 12.3. The number of carbonyl (C=O) groups excluding carboxylic acids is 1. The highest BCUT2D eigenvalue weighted by molar-refractivity contribution is 5.93. The average Bonchev–Trinajstić information content (AvgIpc) is 2.98. The molecule has 5 heteroatoms. The van der Waals surface area contributed by atoms with Crippen LogP contribution < -0.4 is 5.32 Å². The Morgan fingerprint density at radius 3 is 2.78 bits per heavy atom. The van der Waals surface area contributed by atoms with Crippen molar-refractivity contribution in [3.8, 4) is 0 Å². The van der Waals surface area contributed by atoms with Gasteiger partial charge in [0.1, 0.15) is 5.52 Å². The number of aryl methyl sites for hydroxylation is 1. The highest BCUT2D eigenvalue weighted by Gasteiger charge is 2.13. The summed E-state index contributed by atoms with van der Waals surface area (Å²) >= 11 is 0. The highest BCUT2D eigenvalue weighted by atomic mass is 16.3. The minimum Gasteiger partial charge on any atom is -0.441 e. The lowest BCUT2D eigenvalue weighted by Crippen LogP contribution is -2.15. The molecule has 0 aliphatic heterocycles. The van der Waals surface area contributed by atoms with Crippen molar-refractivity contribution in [1.29, 1.82) is 0 Å². The van der Waals surface area contributed by atoms with Crippen molar-refractivity contribution in [3.63, 3.8) is 0 Å². The summed E-state index contributed by atoms with van der Waals surface area (Å²) in [6.07, 6.45) is -0.0977. The SMILES string of the molecule is CCc1nc2cc(NC(=O)CC(O)c3ccccc3)ccc2o1. The molecule has 1 atom stereocenters. The maximum absolute atomic E-state index is 12.1. The number of aromatic nitrogens is 1. The minimum absolute atomic E-state index is 0.00107. The molecule has 23 heavy (non-hydrogen) atoms. The Labute approximate surface area is 134 Å². The zero-order valence-corrected chi connectivity index (χ0v) is 12.8. The molecule has 0 aliphatic carbocycles. The molecule has 1 unspecified atom stereocenters. The van der Waals surface area contributed by atoms with E-state index in [1.807, 2.05) is 25.1 Å². The summed E-state index contributed by atoms with van der Waals surface area (Å²) < 4.78 is 5.54. The molecule has 1 amide bonds. The monoisotopic (exact) mass is 310 g/mol. The topological polar surface area (TPSA) is 75.4 Å². The number of hydrogen-bond acceptors (Lipinski definition) is 4. The maximum Gasteiger partial charge on any atom is 0.227 e. The van der Waals surface area contributed by atoms with E-state index in [-0.39, 0.29) is 12.3 Å². The fourth-order valence-electron chi connectivity index (χ4n) is 2.38. The molecule has 0 radical (unpaired) electrons. The first-order valence-corrected chi connectivity index (χ1v) is 7.58. The highest BCUT2D eigenvalue weighted by Crippen LogP contribution is 2.21. The Morgan fingerprint density at radius 2 is 2.04 bits per heavy atom. The molecule has 0 bridgehead atoms. The number of hydrogen-bond donors (Lipinski definition) is 2. The van der Waals surface area contributed by atoms with Crippen LogP contribution in [0.4, 0.5) is 5.69 Å². The first-order valence-electron chi connectivity index (χ1n) is 7.58. The second-order valence-corrected chi connectivity index (χ2v) is 5.32. The smallest absolute Gasteiger partial charge is 0.227 e. The Hall–Kier alpha value is -2.66. The van der Waals surface area contributed by atoms with E-state index >= 15 is 0 Å². The standard InChI is InChI=1S/C18H18N2O3/c1-2-18-20-14-10-13(8-9-16(14)23-18)19-17(22)11-15(21)12-6-4-3-5-7-12/h3-10,15,21H,2,11H2,1H3,(H,19,22). The van der Waals surface area contributed by atoms with Gasteiger partial charge in [-0.15, -0.1) is 0 Å². The fraction of sp³-hybridized carbons (Fsp3) is 0.222. The first kappa shape index (κ1) is 15.2. The van der Waals surface area contributed by atoms with E-state index < -0.39 is 6.10 Å². The molecule has 3 rings (SSSR count). The molecule has 0 spiro atoms. The summed E-state index contributed by atoms with van der Waals surface area (Å²) in [5.74, 6) is 0.419. The number of anilines is 1. The third-order valence-electron chi connectivity index (χ3n) is 3.58. The third kappa shape index (κ3) is 3.57. The van der Waals surface area contributed by atoms with Crippen molar-refractivity contribution >= 4 is 22.7 Å². The number of amides is 1. The molecular formula is C18H18N2O3. The Kier molecular flexibility index (Phi) is 4.39. The number of oxazole rings is 1. The molecular weight excluding hydrogens is 292 g/mol. The van der Waals surface area contributed by atoms with Crippen molar-refractivity contribution < 1.29 is 14.3 Å². The van der Waals surface area contributed by atoms with E-state index in [0.717, 1.165) is 12.0 Å². The van der Waals surface area contributed by atoms with Crippen molar-refractivity contribution in [2.45, 2.75) is 25.9 Å². The number of nitrogens with zero attached hydrogens (tertiary/aromatic N) is 1. The third-order valence-corrected chi connectivity index (χ3v) is 3.58. The van der Waals surface area contributed by atoms with Crippen molar-refractivity contribution in [1.82, 2.24) is 4.98 Å². The van der Waals surface area contributed by atoms with Gasteiger partial charge in [0, 0.05) is 12.1 Å². The predicted molar refractivity (Wildman–Crippen MR) is 88.0 cm³/mol. The molecule has 0 saturated carbocycles. The van der Waals surface area contributed by atoms with Gasteiger partial charge in [-0.1, -0.05) is 37.3 Å². The number of benzene rings is 2. The van der Waals surface area contributed by atoms with Crippen LogP contribution >= 0.6 is 0 Å². The zero-order valence-electron chi connectivity index (χ0n) is 12.8. The van der Waals surface area contributed by atoms with Gasteiger partial charge in [-0.25, -0.2) is 4.98 Å². The summed E-state index contributed by atoms with van der Waals surface area (Å²) in [5.41, 5.74) is 2.77. The molecule has 118 valence electrons. The van der Waals surface area contributed by atoms with Gasteiger partial charge in [-0.05, 0) is 23.8 Å². The lowest BCUT2D eigenvalue weighted by Gasteiger charge is -2.11. The summed E-state index contributed by atoms with van der Waals surface area (Å²) in [7, 11) is 0. The van der Waals surface area contributed by atoms with Gasteiger partial charge in [0.15, 0.2) is 11.5 Å². The van der Waals surface area contributed by atoms with Crippen molar-refractivity contribution in [2.24, 2.45) is 0 Å². The molecule has 2 N–H and O–H groups in total. The van der Waals surface area contributed by atoms with Gasteiger partial charge in [0.05, 0.1) is 12.5 Å². The Balaban J connectivity index is 1.67. The van der Waals surface area contributed by atoms with Gasteiger partial charge in [0.2, 0.25) is 5.91 Å². The molecule has 2 aromatic carbocycles. The van der Waals surface area contributed by atoms with E-state index in [0.29, 0.717) is 22.7 Å². The Morgan fingerprint density at radius 1 is 1.26 bits per heavy atom. The van der Waals surface area contributed by atoms with Gasteiger partial charge >= 0.3 is 0 Å². The van der Waals surface area contributed by atoms with Gasteiger partial charge in [0.25, 0.3) is 0 Å². The van der Waals surface area contributed by atoms with Crippen molar-refractivity contribution in [3.05, 3.63) is 60.0 Å². The number of fused-ring (bicyclic) bond motifs is 1. The largest absolute Gasteiger partial charge is 0.441 e. The Bertz CT molecular complexity index is 812. The van der Waals surface area contributed by atoms with E-state index in [4.69, 9.17) is 4.42 Å². The number of rotatable bonds is 5. The molecule has 3 aromatic rings. The fourth-order valence-corrected chi connectivity index (χ4v) is 2.38. The van der Waals surface area contributed by atoms with Crippen LogP contribution in [0.15, 0.2) is 52.9 Å². The van der Waals surface area contributed by atoms with E-state index in [2.05, 4.69) is 10.3 Å². The summed E-state index contributed by atoms with van der Waals surface area (Å²) in [5, 5.41) is 12.9. The number of nitrogens with one attached hydrogen (secondary N) is 1. The molecule has 1 aromatic heterocycles. The molecule has 0 saturated heterocycles. The van der Waals surface area contributed by atoms with Gasteiger partial charge in [-0.2, -0.15) is 0 Å². The summed E-state index contributed by atoms with van der Waals surface area (Å²) in [6.45, 7) is 1.97. The number of aliphatic hydroxyl groups is 1. The second-order valence-electron chi connectivity index (χ2n) is 5.32. The van der Waals surface area contributed by atoms with Crippen LogP contribution in [0.3, 0.4) is 0 Å². The molecule has 0 fully saturated rings. The second kappa shape index (κ2) is 6.62. The average molecular weight is 310 g/mol. The predicted octanol–water partition coefficient (Wildman–Crippen LogP) is 3.45. The van der Waals surface area contributed by atoms with E-state index in [1.54, 1.807) is 30.3 Å². The lowest BCUT2D eigenvalue weighted by molar-refractivity contribution is -0.118.